The van der Waals surface area contributed by atoms with E-state index in [9.17, 15) is 9.59 Å². The van der Waals surface area contributed by atoms with Gasteiger partial charge in [0, 0.05) is 42.8 Å². The highest BCUT2D eigenvalue weighted by atomic mass is 19.1. The van der Waals surface area contributed by atoms with Crippen molar-refractivity contribution < 1.29 is 27.8 Å². The second-order valence-electron chi connectivity index (χ2n) is 8.96. The maximum atomic E-state index is 15.5. The van der Waals surface area contributed by atoms with Crippen LogP contribution in [0.2, 0.25) is 0 Å². The molecule has 4 aromatic rings. The van der Waals surface area contributed by atoms with Crippen molar-refractivity contribution in [2.75, 3.05) is 32.1 Å². The van der Waals surface area contributed by atoms with Crippen LogP contribution in [0.4, 0.5) is 19.3 Å². The zero-order chi connectivity index (χ0) is 26.8. The molecule has 0 bridgehead atoms. The van der Waals surface area contributed by atoms with Crippen LogP contribution in [0, 0.1) is 18.6 Å². The summed E-state index contributed by atoms with van der Waals surface area (Å²) in [6, 6.07) is 8.80. The predicted octanol–water partition coefficient (Wildman–Crippen LogP) is 4.24. The molecule has 1 atom stereocenters. The van der Waals surface area contributed by atoms with E-state index in [4.69, 9.17) is 9.47 Å². The van der Waals surface area contributed by atoms with Crippen LogP contribution in [0.5, 0.6) is 0 Å². The number of hydrogen-bond donors (Lipinski definition) is 1. The molecule has 1 fully saturated rings. The third-order valence-electron chi connectivity index (χ3n) is 6.35. The van der Waals surface area contributed by atoms with E-state index in [-0.39, 0.29) is 29.9 Å². The highest BCUT2D eigenvalue weighted by Gasteiger charge is 2.29. The molecule has 1 aromatic carbocycles. The molecule has 1 saturated heterocycles. The number of rotatable bonds is 5. The summed E-state index contributed by atoms with van der Waals surface area (Å²) in [6.45, 7) is 2.85. The average Bonchev–Trinajstić information content (AvgIpc) is 3.24. The monoisotopic (exact) mass is 521 g/mol. The predicted molar refractivity (Wildman–Crippen MR) is 135 cm³/mol. The van der Waals surface area contributed by atoms with Crippen molar-refractivity contribution in [2.45, 2.75) is 19.4 Å². The van der Waals surface area contributed by atoms with Crippen molar-refractivity contribution in [1.29, 1.82) is 0 Å². The standard InChI is InChI=1S/C27H25F2N5O4/c1-16-5-8-34-22(14-19-15-33(9-10-38-19)27(36)37-2)25(32-23(34)11-16)24-20(28)12-18(13-21(24)29)31-26(35)17-3-6-30-7-4-17/h3-8,11-13,19H,9-10,14-15H2,1-2H3,(H,31,35)/t19-/m0/s1. The number of carbonyl (C=O) groups excluding carboxylic acids is 2. The van der Waals surface area contributed by atoms with Crippen molar-refractivity contribution in [2.24, 2.45) is 0 Å². The molecule has 0 radical (unpaired) electrons. The number of amides is 2. The SMILES string of the molecule is COC(=O)N1CCO[C@@H](Cc2c(-c3c(F)cc(NC(=O)c4ccncc4)cc3F)nc3cc(C)ccn23)C1. The van der Waals surface area contributed by atoms with Gasteiger partial charge in [0.05, 0.1) is 43.3 Å². The molecular formula is C27H25F2N5O4. The minimum atomic E-state index is -0.878. The second-order valence-corrected chi connectivity index (χ2v) is 8.96. The molecule has 5 rings (SSSR count). The lowest BCUT2D eigenvalue weighted by molar-refractivity contribution is -0.0241. The second kappa shape index (κ2) is 10.5. The van der Waals surface area contributed by atoms with E-state index in [0.29, 0.717) is 30.1 Å². The Labute approximate surface area is 217 Å². The van der Waals surface area contributed by atoms with Gasteiger partial charge in [0.15, 0.2) is 0 Å². The van der Waals surface area contributed by atoms with Crippen LogP contribution in [0.3, 0.4) is 0 Å². The number of fused-ring (bicyclic) bond motifs is 1. The first kappa shape index (κ1) is 25.3. The van der Waals surface area contributed by atoms with Gasteiger partial charge in [-0.05, 0) is 48.9 Å². The highest BCUT2D eigenvalue weighted by Crippen LogP contribution is 2.33. The first-order chi connectivity index (χ1) is 18.3. The first-order valence-electron chi connectivity index (χ1n) is 12.0. The lowest BCUT2D eigenvalue weighted by Crippen LogP contribution is -2.46. The lowest BCUT2D eigenvalue weighted by Gasteiger charge is -2.32. The number of carbonyl (C=O) groups is 2. The van der Waals surface area contributed by atoms with Crippen LogP contribution in [0.1, 0.15) is 21.6 Å². The quantitative estimate of drug-likeness (QED) is 0.422. The summed E-state index contributed by atoms with van der Waals surface area (Å²) in [5.74, 6) is -2.28. The van der Waals surface area contributed by atoms with Crippen LogP contribution in [-0.2, 0) is 15.9 Å². The fraction of sp³-hybridized carbons (Fsp3) is 0.259. The summed E-state index contributed by atoms with van der Waals surface area (Å²) in [7, 11) is 1.31. The van der Waals surface area contributed by atoms with E-state index in [2.05, 4.69) is 15.3 Å². The maximum absolute atomic E-state index is 15.5. The third-order valence-corrected chi connectivity index (χ3v) is 6.35. The van der Waals surface area contributed by atoms with E-state index in [0.717, 1.165) is 17.7 Å². The van der Waals surface area contributed by atoms with E-state index < -0.39 is 29.7 Å². The number of anilines is 1. The summed E-state index contributed by atoms with van der Waals surface area (Å²) < 4.78 is 43.4. The number of aromatic nitrogens is 3. The topological polar surface area (TPSA) is 98.1 Å². The van der Waals surface area contributed by atoms with Gasteiger partial charge >= 0.3 is 6.09 Å². The Morgan fingerprint density at radius 1 is 1.16 bits per heavy atom. The van der Waals surface area contributed by atoms with Crippen LogP contribution in [0.25, 0.3) is 16.9 Å². The normalized spacial score (nSPS) is 15.5. The fourth-order valence-corrected chi connectivity index (χ4v) is 4.52. The number of aryl methyl sites for hydroxylation is 1. The summed E-state index contributed by atoms with van der Waals surface area (Å²) >= 11 is 0. The van der Waals surface area contributed by atoms with Crippen molar-refractivity contribution in [3.8, 4) is 11.3 Å². The van der Waals surface area contributed by atoms with E-state index in [1.54, 1.807) is 10.6 Å². The Bertz CT molecular complexity index is 1490. The van der Waals surface area contributed by atoms with Gasteiger partial charge in [0.2, 0.25) is 0 Å². The van der Waals surface area contributed by atoms with E-state index in [1.807, 2.05) is 19.1 Å². The Hall–Kier alpha value is -4.38. The zero-order valence-corrected chi connectivity index (χ0v) is 20.8. The van der Waals surface area contributed by atoms with Gasteiger partial charge in [-0.1, -0.05) is 0 Å². The third kappa shape index (κ3) is 5.05. The molecule has 1 N–H and O–H groups in total. The van der Waals surface area contributed by atoms with E-state index in [1.165, 1.54) is 36.5 Å². The van der Waals surface area contributed by atoms with Crippen LogP contribution in [-0.4, -0.2) is 64.2 Å². The minimum absolute atomic E-state index is 0.0314. The molecule has 1 aliphatic rings. The largest absolute Gasteiger partial charge is 0.453 e. The van der Waals surface area contributed by atoms with Crippen LogP contribution < -0.4 is 5.32 Å². The van der Waals surface area contributed by atoms with Crippen molar-refractivity contribution >= 4 is 23.3 Å². The molecule has 2 amide bonds. The number of imidazole rings is 1. The Kier molecular flexibility index (Phi) is 7.01. The lowest BCUT2D eigenvalue weighted by atomic mass is 10.0. The van der Waals surface area contributed by atoms with Crippen molar-refractivity contribution in [3.63, 3.8) is 0 Å². The molecule has 4 heterocycles. The minimum Gasteiger partial charge on any atom is -0.453 e. The molecule has 38 heavy (non-hydrogen) atoms. The molecule has 1 aliphatic heterocycles. The van der Waals surface area contributed by atoms with Gasteiger partial charge in [0.1, 0.15) is 17.3 Å². The molecule has 0 unspecified atom stereocenters. The Morgan fingerprint density at radius 3 is 2.61 bits per heavy atom. The number of nitrogens with zero attached hydrogens (tertiary/aromatic N) is 4. The van der Waals surface area contributed by atoms with Gasteiger partial charge in [-0.2, -0.15) is 0 Å². The molecule has 0 aliphatic carbocycles. The number of halogens is 2. The van der Waals surface area contributed by atoms with Crippen LogP contribution >= 0.6 is 0 Å². The molecule has 11 heteroatoms. The fourth-order valence-electron chi connectivity index (χ4n) is 4.52. The van der Waals surface area contributed by atoms with Crippen LogP contribution in [0.15, 0.2) is 55.0 Å². The summed E-state index contributed by atoms with van der Waals surface area (Å²) in [6.07, 6.45) is 4.03. The number of ether oxygens (including phenoxy) is 2. The van der Waals surface area contributed by atoms with Crippen molar-refractivity contribution in [1.82, 2.24) is 19.3 Å². The van der Waals surface area contributed by atoms with Gasteiger partial charge in [-0.3, -0.25) is 9.78 Å². The molecular weight excluding hydrogens is 496 g/mol. The Balaban J connectivity index is 1.51. The summed E-state index contributed by atoms with van der Waals surface area (Å²) in [5, 5.41) is 2.51. The van der Waals surface area contributed by atoms with Gasteiger partial charge in [-0.15, -0.1) is 0 Å². The van der Waals surface area contributed by atoms with Gasteiger partial charge < -0.3 is 24.1 Å². The number of nitrogens with one attached hydrogen (secondary N) is 1. The van der Waals surface area contributed by atoms with Gasteiger partial charge in [0.25, 0.3) is 5.91 Å². The smallest absolute Gasteiger partial charge is 0.409 e. The maximum Gasteiger partial charge on any atom is 0.409 e. The number of morpholine rings is 1. The summed E-state index contributed by atoms with van der Waals surface area (Å²) in [4.78, 5) is 34.5. The molecule has 9 nitrogen and oxygen atoms in total. The Morgan fingerprint density at radius 2 is 1.89 bits per heavy atom. The van der Waals surface area contributed by atoms with E-state index >= 15 is 8.78 Å². The van der Waals surface area contributed by atoms with Crippen molar-refractivity contribution in [3.05, 3.63) is 83.4 Å². The number of hydrogen-bond acceptors (Lipinski definition) is 6. The molecule has 3 aromatic heterocycles. The zero-order valence-electron chi connectivity index (χ0n) is 20.8. The molecule has 0 saturated carbocycles. The highest BCUT2D eigenvalue weighted by molar-refractivity contribution is 6.04. The first-order valence-corrected chi connectivity index (χ1v) is 12.0. The average molecular weight is 522 g/mol. The summed E-state index contributed by atoms with van der Waals surface area (Å²) in [5.41, 5.74) is 2.06. The molecule has 196 valence electrons. The number of methoxy groups -OCH3 is 1. The van der Waals surface area contributed by atoms with Gasteiger partial charge in [-0.25, -0.2) is 18.6 Å². The number of benzene rings is 1. The number of pyridine rings is 2. The molecule has 0 spiro atoms.